The third-order valence-electron chi connectivity index (χ3n) is 8.16. The number of hydrogen-bond acceptors (Lipinski definition) is 2. The summed E-state index contributed by atoms with van der Waals surface area (Å²) in [5, 5.41) is -1.71. The van der Waals surface area contributed by atoms with Crippen molar-refractivity contribution < 1.29 is 37.3 Å². The Kier molecular flexibility index (Phi) is 3.07. The molecule has 0 amide bonds. The zero-order valence-corrected chi connectivity index (χ0v) is 25.4. The maximum absolute atomic E-state index is 9.67. The molecule has 50 heavy (non-hydrogen) atoms. The minimum absolute atomic E-state index is 0.216. The van der Waals surface area contributed by atoms with Gasteiger partial charge in [-0.1, -0.05) is 133 Å². The van der Waals surface area contributed by atoms with E-state index in [-0.39, 0.29) is 11.1 Å². The molecule has 0 unspecified atom stereocenters. The van der Waals surface area contributed by atoms with Crippen LogP contribution in [0, 0.1) is 0 Å². The lowest BCUT2D eigenvalue weighted by atomic mass is 9.99. The molecular weight excluding hydrogens is 607 g/mol. The molecule has 0 fully saturated rings. The van der Waals surface area contributed by atoms with Crippen LogP contribution >= 0.6 is 0 Å². The van der Waals surface area contributed by atoms with Crippen molar-refractivity contribution in [3.8, 4) is 22.3 Å². The summed E-state index contributed by atoms with van der Waals surface area (Å²) in [6, 6.07) is -9.02. The van der Waals surface area contributed by atoms with Crippen LogP contribution in [0.1, 0.15) is 32.9 Å². The summed E-state index contributed by atoms with van der Waals surface area (Å²) in [4.78, 5) is 0.593. The van der Waals surface area contributed by atoms with Crippen LogP contribution in [-0.2, 0) is 0 Å². The lowest BCUT2D eigenvalue weighted by Gasteiger charge is -2.26. The second-order valence-electron chi connectivity index (χ2n) is 11.1. The molecule has 9 aromatic carbocycles. The first-order chi connectivity index (χ1) is 34.8. The number of nitrogens with zero attached hydrogens (tertiary/aromatic N) is 1. The molecule has 2 nitrogen and oxygen atoms in total. The average Bonchev–Trinajstić information content (AvgIpc) is 3.77. The second-order valence-corrected chi connectivity index (χ2v) is 11.1. The quantitative estimate of drug-likeness (QED) is 0.182. The first-order valence-electron chi connectivity index (χ1n) is 27.1. The van der Waals surface area contributed by atoms with Gasteiger partial charge in [0.15, 0.2) is 0 Å². The van der Waals surface area contributed by atoms with Crippen LogP contribution in [0.2, 0.25) is 0 Å². The lowest BCUT2D eigenvalue weighted by molar-refractivity contribution is 0.672. The molecule has 234 valence electrons. The Labute approximate surface area is 323 Å². The fraction of sp³-hybridized carbons (Fsp3) is 0. The summed E-state index contributed by atoms with van der Waals surface area (Å²) in [6.45, 7) is 0. The Bertz CT molecular complexity index is 4210. The van der Waals surface area contributed by atoms with Crippen molar-refractivity contribution in [1.82, 2.24) is 0 Å². The van der Waals surface area contributed by atoms with E-state index in [1.807, 2.05) is 6.07 Å². The smallest absolute Gasteiger partial charge is 0.143 e. The predicted octanol–water partition coefficient (Wildman–Crippen LogP) is 13.8. The number of fused-ring (bicyclic) bond motifs is 7. The van der Waals surface area contributed by atoms with Gasteiger partial charge in [-0.05, 0) is 104 Å². The molecule has 10 aromatic rings. The maximum atomic E-state index is 9.67. The largest absolute Gasteiger partial charge is 0.455 e. The first kappa shape index (κ1) is 13.3. The molecule has 0 bridgehead atoms. The van der Waals surface area contributed by atoms with Crippen LogP contribution in [0.3, 0.4) is 0 Å². The van der Waals surface area contributed by atoms with E-state index in [1.165, 1.54) is 0 Å². The zero-order valence-electron chi connectivity index (χ0n) is 49.4. The highest BCUT2D eigenvalue weighted by atomic mass is 16.3. The highest BCUT2D eigenvalue weighted by molar-refractivity contribution is 6.19. The van der Waals surface area contributed by atoms with Crippen molar-refractivity contribution in [2.24, 2.45) is 0 Å². The van der Waals surface area contributed by atoms with E-state index in [0.29, 0.717) is 10.3 Å². The van der Waals surface area contributed by atoms with Crippen LogP contribution in [0.4, 0.5) is 17.1 Å². The predicted molar refractivity (Wildman–Crippen MR) is 212 cm³/mol. The van der Waals surface area contributed by atoms with E-state index in [2.05, 4.69) is 0 Å². The highest BCUT2D eigenvalue weighted by Gasteiger charge is 2.20. The van der Waals surface area contributed by atoms with E-state index in [4.69, 9.17) is 22.2 Å². The number of anilines is 3. The Morgan fingerprint density at radius 2 is 1.10 bits per heavy atom. The standard InChI is InChI=1S/C48H31NO/c1-3-11-37-30-39(18-16-32(37)8-1)34-20-25-41(26-21-34)49(42-27-22-35(23-28-42)40-19-17-33-9-2-4-12-38(33)31-40)45-14-7-15-46-47(45)44-29-24-36-10-5-6-13-43(36)48(44)50-46/h1-31H/i1D,3D,5D,6D,7D,8D,10D,11D,13D,14D,15D,16D,18D,20D,21D,22D,23D,24D,25D,26D,27D,28D,29D,30D. The number of benzene rings is 9. The van der Waals surface area contributed by atoms with Crippen LogP contribution in [0.15, 0.2) is 192 Å². The fourth-order valence-electron chi connectivity index (χ4n) is 5.81. The SMILES string of the molecule is [2H]c1c([2H])c(N(c2c([2H])c([2H])c(-c3c([2H])c([2H])c4c([2H])c([2H])c([2H])c([2H])c4c3[2H])c([2H])c2[2H])c2c([2H])c([2H])c([2H])c3oc4c5c([2H])c([2H])c([2H])c([2H])c5c([2H])c([2H])c4c23)c([2H])c([2H])c1-c1ccc2ccccc2c1. The Morgan fingerprint density at radius 1 is 0.440 bits per heavy atom. The van der Waals surface area contributed by atoms with Gasteiger partial charge in [-0.2, -0.15) is 0 Å². The summed E-state index contributed by atoms with van der Waals surface area (Å²) in [5.41, 5.74) is -5.51. The van der Waals surface area contributed by atoms with E-state index in [9.17, 15) is 15.1 Å². The van der Waals surface area contributed by atoms with Gasteiger partial charge in [0.25, 0.3) is 0 Å². The van der Waals surface area contributed by atoms with Crippen molar-refractivity contribution in [2.75, 3.05) is 4.90 Å². The van der Waals surface area contributed by atoms with Gasteiger partial charge in [0, 0.05) is 22.1 Å². The average molecular weight is 662 g/mol. The zero-order chi connectivity index (χ0) is 53.9. The van der Waals surface area contributed by atoms with Gasteiger partial charge in [0.1, 0.15) is 11.2 Å². The van der Waals surface area contributed by atoms with Crippen LogP contribution < -0.4 is 4.90 Å². The van der Waals surface area contributed by atoms with E-state index >= 15 is 0 Å². The molecule has 0 saturated carbocycles. The van der Waals surface area contributed by atoms with E-state index in [1.54, 1.807) is 36.4 Å². The molecule has 0 aliphatic heterocycles. The van der Waals surface area contributed by atoms with Crippen molar-refractivity contribution in [2.45, 2.75) is 0 Å². The van der Waals surface area contributed by atoms with Crippen molar-refractivity contribution >= 4 is 71.3 Å². The monoisotopic (exact) mass is 661 g/mol. The van der Waals surface area contributed by atoms with Gasteiger partial charge in [-0.3, -0.25) is 0 Å². The number of hydrogen-bond donors (Lipinski definition) is 0. The molecule has 0 saturated heterocycles. The third-order valence-corrected chi connectivity index (χ3v) is 8.16. The second kappa shape index (κ2) is 11.5. The molecule has 0 atom stereocenters. The molecule has 1 aromatic heterocycles. The molecule has 0 aliphatic rings. The molecule has 1 heterocycles. The van der Waals surface area contributed by atoms with Gasteiger partial charge < -0.3 is 9.32 Å². The van der Waals surface area contributed by atoms with Gasteiger partial charge in [0.05, 0.1) is 44.0 Å². The van der Waals surface area contributed by atoms with E-state index < -0.39 is 217 Å². The molecule has 10 rings (SSSR count). The minimum atomic E-state index is -1.13. The van der Waals surface area contributed by atoms with Crippen molar-refractivity contribution in [1.29, 1.82) is 0 Å². The van der Waals surface area contributed by atoms with E-state index in [0.717, 1.165) is 5.39 Å². The summed E-state index contributed by atoms with van der Waals surface area (Å²) < 4.78 is 223. The van der Waals surface area contributed by atoms with Crippen molar-refractivity contribution in [3.63, 3.8) is 0 Å². The molecule has 0 aliphatic carbocycles. The van der Waals surface area contributed by atoms with Gasteiger partial charge >= 0.3 is 0 Å². The molecular formula is C48H31NO. The summed E-state index contributed by atoms with van der Waals surface area (Å²) in [6.07, 6.45) is 0. The summed E-state index contributed by atoms with van der Waals surface area (Å²) in [5.74, 6) is 0. The number of furan rings is 1. The molecule has 0 spiro atoms. The Balaban J connectivity index is 1.40. The first-order valence-corrected chi connectivity index (χ1v) is 15.1. The third kappa shape index (κ3) is 4.73. The van der Waals surface area contributed by atoms with Gasteiger partial charge in [0.2, 0.25) is 0 Å². The molecule has 0 radical (unpaired) electrons. The van der Waals surface area contributed by atoms with Crippen LogP contribution in [0.5, 0.6) is 0 Å². The fourth-order valence-corrected chi connectivity index (χ4v) is 5.81. The molecule has 0 N–H and O–H groups in total. The topological polar surface area (TPSA) is 16.4 Å². The Morgan fingerprint density at radius 3 is 1.90 bits per heavy atom. The maximum Gasteiger partial charge on any atom is 0.143 e. The van der Waals surface area contributed by atoms with Crippen molar-refractivity contribution in [3.05, 3.63) is 187 Å². The number of rotatable bonds is 5. The summed E-state index contributed by atoms with van der Waals surface area (Å²) >= 11 is 0. The van der Waals surface area contributed by atoms with Gasteiger partial charge in [-0.15, -0.1) is 0 Å². The van der Waals surface area contributed by atoms with Crippen LogP contribution in [-0.4, -0.2) is 0 Å². The lowest BCUT2D eigenvalue weighted by Crippen LogP contribution is -2.10. The minimum Gasteiger partial charge on any atom is -0.455 e. The molecule has 2 heteroatoms. The van der Waals surface area contributed by atoms with Gasteiger partial charge in [-0.25, -0.2) is 0 Å². The highest BCUT2D eigenvalue weighted by Crippen LogP contribution is 2.45. The summed E-state index contributed by atoms with van der Waals surface area (Å²) in [7, 11) is 0. The normalized spacial score (nSPS) is 18.3. The van der Waals surface area contributed by atoms with Crippen LogP contribution in [0.25, 0.3) is 76.5 Å². The Hall–Kier alpha value is -6.64.